The lowest BCUT2D eigenvalue weighted by Crippen LogP contribution is -2.56. The Morgan fingerprint density at radius 3 is 2.09 bits per heavy atom. The number of hydrogen-bond acceptors (Lipinski definition) is 5. The summed E-state index contributed by atoms with van der Waals surface area (Å²) >= 11 is 0. The first kappa shape index (κ1) is 28.9. The monoisotopic (exact) mass is 476 g/mol. The fraction of sp³-hybridized carbons (Fsp3) is 0.600. The SMILES string of the molecule is CCCC(C)NC(=O)C(c1ccccc1)N(C(=O)C(CC(N)=O)NC(=O)OC(C)(C)C)C(C)C. The van der Waals surface area contributed by atoms with E-state index in [1.165, 1.54) is 4.90 Å². The first-order valence-electron chi connectivity index (χ1n) is 11.7. The zero-order valence-electron chi connectivity index (χ0n) is 21.4. The Balaban J connectivity index is 3.39. The second-order valence-corrected chi connectivity index (χ2v) is 9.72. The fourth-order valence-electron chi connectivity index (χ4n) is 3.61. The van der Waals surface area contributed by atoms with Crippen molar-refractivity contribution < 1.29 is 23.9 Å². The van der Waals surface area contributed by atoms with Crippen molar-refractivity contribution in [3.05, 3.63) is 35.9 Å². The summed E-state index contributed by atoms with van der Waals surface area (Å²) in [6.07, 6.45) is 0.391. The number of carbonyl (C=O) groups is 4. The molecule has 0 bridgehead atoms. The van der Waals surface area contributed by atoms with E-state index in [0.717, 1.165) is 12.8 Å². The molecule has 0 aliphatic rings. The zero-order chi connectivity index (χ0) is 26.1. The van der Waals surface area contributed by atoms with Gasteiger partial charge in [0.1, 0.15) is 17.7 Å². The number of rotatable bonds is 11. The van der Waals surface area contributed by atoms with Gasteiger partial charge in [0.15, 0.2) is 0 Å². The van der Waals surface area contributed by atoms with E-state index in [0.29, 0.717) is 5.56 Å². The topological polar surface area (TPSA) is 131 Å². The average Bonchev–Trinajstić information content (AvgIpc) is 2.69. The van der Waals surface area contributed by atoms with E-state index in [1.54, 1.807) is 58.9 Å². The number of hydrogen-bond donors (Lipinski definition) is 3. The van der Waals surface area contributed by atoms with Crippen LogP contribution in [0.1, 0.15) is 79.3 Å². The standard InChI is InChI=1S/C25H40N4O5/c1-8-12-17(4)27-22(31)21(18-13-10-9-11-14-18)29(16(2)3)23(32)19(15-20(26)30)28-24(33)34-25(5,6)7/h9-11,13-14,16-17,19,21H,8,12,15H2,1-7H3,(H2,26,30)(H,27,31)(H,28,33). The number of nitrogens with one attached hydrogen (secondary N) is 2. The van der Waals surface area contributed by atoms with Gasteiger partial charge in [0.2, 0.25) is 17.7 Å². The van der Waals surface area contributed by atoms with Crippen molar-refractivity contribution >= 4 is 23.8 Å². The maximum Gasteiger partial charge on any atom is 0.408 e. The summed E-state index contributed by atoms with van der Waals surface area (Å²) in [5.74, 6) is -1.72. The molecule has 1 aromatic rings. The van der Waals surface area contributed by atoms with Crippen LogP contribution in [-0.4, -0.2) is 52.4 Å². The molecule has 3 atom stereocenters. The zero-order valence-corrected chi connectivity index (χ0v) is 21.4. The highest BCUT2D eigenvalue weighted by atomic mass is 16.6. The van der Waals surface area contributed by atoms with E-state index in [9.17, 15) is 19.2 Å². The van der Waals surface area contributed by atoms with Crippen molar-refractivity contribution in [1.82, 2.24) is 15.5 Å². The van der Waals surface area contributed by atoms with Crippen LogP contribution in [0, 0.1) is 0 Å². The summed E-state index contributed by atoms with van der Waals surface area (Å²) in [7, 11) is 0. The number of benzene rings is 1. The average molecular weight is 477 g/mol. The largest absolute Gasteiger partial charge is 0.444 e. The van der Waals surface area contributed by atoms with Crippen molar-refractivity contribution in [1.29, 1.82) is 0 Å². The van der Waals surface area contributed by atoms with Gasteiger partial charge < -0.3 is 26.0 Å². The summed E-state index contributed by atoms with van der Waals surface area (Å²) in [6, 6.07) is 6.14. The van der Waals surface area contributed by atoms with Crippen molar-refractivity contribution in [3.8, 4) is 0 Å². The molecule has 190 valence electrons. The Morgan fingerprint density at radius 1 is 1.03 bits per heavy atom. The van der Waals surface area contributed by atoms with Crippen LogP contribution in [0.5, 0.6) is 0 Å². The summed E-state index contributed by atoms with van der Waals surface area (Å²) in [5.41, 5.74) is 5.19. The lowest BCUT2D eigenvalue weighted by Gasteiger charge is -2.37. The summed E-state index contributed by atoms with van der Waals surface area (Å²) in [4.78, 5) is 52.7. The van der Waals surface area contributed by atoms with E-state index in [-0.39, 0.29) is 11.9 Å². The lowest BCUT2D eigenvalue weighted by atomic mass is 10.00. The molecule has 0 aliphatic heterocycles. The minimum absolute atomic E-state index is 0.0888. The van der Waals surface area contributed by atoms with E-state index in [4.69, 9.17) is 10.5 Å². The molecular formula is C25H40N4O5. The van der Waals surface area contributed by atoms with Crippen molar-refractivity contribution in [2.24, 2.45) is 5.73 Å². The molecule has 0 fully saturated rings. The summed E-state index contributed by atoms with van der Waals surface area (Å²) in [5, 5.41) is 5.45. The Morgan fingerprint density at radius 2 is 1.62 bits per heavy atom. The number of nitrogens with zero attached hydrogens (tertiary/aromatic N) is 1. The first-order chi connectivity index (χ1) is 15.8. The maximum atomic E-state index is 13.7. The van der Waals surface area contributed by atoms with Gasteiger partial charge in [0.25, 0.3) is 0 Å². The van der Waals surface area contributed by atoms with Crippen LogP contribution in [0.3, 0.4) is 0 Å². The number of amides is 4. The van der Waals surface area contributed by atoms with E-state index in [1.807, 2.05) is 19.9 Å². The van der Waals surface area contributed by atoms with E-state index in [2.05, 4.69) is 10.6 Å². The molecule has 34 heavy (non-hydrogen) atoms. The predicted octanol–water partition coefficient (Wildman–Crippen LogP) is 3.04. The number of alkyl carbamates (subject to hydrolysis) is 1. The second kappa shape index (κ2) is 13.0. The molecule has 0 heterocycles. The van der Waals surface area contributed by atoms with E-state index >= 15 is 0 Å². The van der Waals surface area contributed by atoms with Crippen LogP contribution in [0.25, 0.3) is 0 Å². The number of primary amides is 1. The Bertz CT molecular complexity index is 835. The number of carbonyl (C=O) groups excluding carboxylic acids is 4. The van der Waals surface area contributed by atoms with Crippen LogP contribution >= 0.6 is 0 Å². The number of ether oxygens (including phenoxy) is 1. The molecule has 9 nitrogen and oxygen atoms in total. The summed E-state index contributed by atoms with van der Waals surface area (Å²) in [6.45, 7) is 12.5. The number of nitrogens with two attached hydrogens (primary N) is 1. The van der Waals surface area contributed by atoms with Crippen molar-refractivity contribution in [2.45, 2.75) is 97.5 Å². The van der Waals surface area contributed by atoms with Gasteiger partial charge in [-0.1, -0.05) is 43.7 Å². The molecule has 4 amide bonds. The van der Waals surface area contributed by atoms with Gasteiger partial charge in [0, 0.05) is 12.1 Å². The third kappa shape index (κ3) is 9.41. The molecule has 0 aromatic heterocycles. The van der Waals surface area contributed by atoms with Gasteiger partial charge in [0.05, 0.1) is 6.42 Å². The van der Waals surface area contributed by atoms with Crippen LogP contribution in [0.2, 0.25) is 0 Å². The molecule has 1 aromatic carbocycles. The third-order valence-corrected chi connectivity index (χ3v) is 4.96. The molecule has 0 spiro atoms. The quantitative estimate of drug-likeness (QED) is 0.452. The molecule has 0 saturated carbocycles. The van der Waals surface area contributed by atoms with Gasteiger partial charge in [-0.2, -0.15) is 0 Å². The Kier molecular flexibility index (Phi) is 11.0. The normalized spacial score (nSPS) is 14.0. The van der Waals surface area contributed by atoms with Crippen LogP contribution in [0.4, 0.5) is 4.79 Å². The van der Waals surface area contributed by atoms with Gasteiger partial charge in [-0.25, -0.2) is 4.79 Å². The molecule has 4 N–H and O–H groups in total. The molecule has 3 unspecified atom stereocenters. The highest BCUT2D eigenvalue weighted by molar-refractivity contribution is 5.94. The van der Waals surface area contributed by atoms with E-state index < -0.39 is 48.1 Å². The van der Waals surface area contributed by atoms with Crippen LogP contribution in [-0.2, 0) is 19.1 Å². The Hall–Kier alpha value is -3.10. The minimum atomic E-state index is -1.29. The Labute approximate surface area is 202 Å². The van der Waals surface area contributed by atoms with Gasteiger partial charge in [-0.3, -0.25) is 14.4 Å². The van der Waals surface area contributed by atoms with Crippen molar-refractivity contribution in [3.63, 3.8) is 0 Å². The molecule has 0 radical (unpaired) electrons. The molecular weight excluding hydrogens is 436 g/mol. The molecule has 0 saturated heterocycles. The first-order valence-corrected chi connectivity index (χ1v) is 11.7. The maximum absolute atomic E-state index is 13.7. The van der Waals surface area contributed by atoms with Gasteiger partial charge >= 0.3 is 6.09 Å². The highest BCUT2D eigenvalue weighted by Gasteiger charge is 2.38. The lowest BCUT2D eigenvalue weighted by molar-refractivity contribution is -0.145. The van der Waals surface area contributed by atoms with Crippen molar-refractivity contribution in [2.75, 3.05) is 0 Å². The smallest absolute Gasteiger partial charge is 0.408 e. The molecule has 1 rings (SSSR count). The van der Waals surface area contributed by atoms with Gasteiger partial charge in [-0.15, -0.1) is 0 Å². The van der Waals surface area contributed by atoms with Crippen LogP contribution in [0.15, 0.2) is 30.3 Å². The predicted molar refractivity (Wildman–Crippen MR) is 131 cm³/mol. The van der Waals surface area contributed by atoms with Crippen LogP contribution < -0.4 is 16.4 Å². The third-order valence-electron chi connectivity index (χ3n) is 4.96. The summed E-state index contributed by atoms with van der Waals surface area (Å²) < 4.78 is 5.26. The van der Waals surface area contributed by atoms with Gasteiger partial charge in [-0.05, 0) is 53.5 Å². The molecule has 9 heteroatoms. The minimum Gasteiger partial charge on any atom is -0.444 e. The highest BCUT2D eigenvalue weighted by Crippen LogP contribution is 2.25. The second-order valence-electron chi connectivity index (χ2n) is 9.72. The fourth-order valence-corrected chi connectivity index (χ4v) is 3.61. The molecule has 0 aliphatic carbocycles.